The average molecular weight is 246 g/mol. The van der Waals surface area contributed by atoms with E-state index in [1.807, 2.05) is 0 Å². The van der Waals surface area contributed by atoms with Gasteiger partial charge in [0.25, 0.3) is 0 Å². The van der Waals surface area contributed by atoms with E-state index in [1.165, 1.54) is 12.2 Å². The first-order valence-corrected chi connectivity index (χ1v) is 5.54. The molecule has 0 spiro atoms. The molecule has 0 unspecified atom stereocenters. The van der Waals surface area contributed by atoms with Gasteiger partial charge in [-0.1, -0.05) is 12.2 Å². The van der Waals surface area contributed by atoms with Gasteiger partial charge in [-0.2, -0.15) is 0 Å². The van der Waals surface area contributed by atoms with E-state index in [1.54, 1.807) is 0 Å². The molecule has 18 heavy (non-hydrogen) atoms. The summed E-state index contributed by atoms with van der Waals surface area (Å²) in [5.41, 5.74) is -0.216. The quantitative estimate of drug-likeness (QED) is 0.515. The molecule has 2 aliphatic carbocycles. The third kappa shape index (κ3) is 2.25. The van der Waals surface area contributed by atoms with Crippen LogP contribution in [0.5, 0.6) is 0 Å². The molecule has 0 aliphatic heterocycles. The van der Waals surface area contributed by atoms with Crippen molar-refractivity contribution < 1.29 is 24.0 Å². The van der Waals surface area contributed by atoms with Gasteiger partial charge < -0.3 is 0 Å². The van der Waals surface area contributed by atoms with Crippen LogP contribution in [0, 0.1) is 0 Å². The summed E-state index contributed by atoms with van der Waals surface area (Å²) in [5, 5.41) is 0. The highest BCUT2D eigenvalue weighted by molar-refractivity contribution is 6.38. The molecule has 0 aromatic carbocycles. The Bertz CT molecular complexity index is 500. The molecule has 0 aromatic rings. The fourth-order valence-corrected chi connectivity index (χ4v) is 1.94. The molecule has 2 rings (SSSR count). The lowest BCUT2D eigenvalue weighted by Crippen LogP contribution is -2.27. The van der Waals surface area contributed by atoms with Gasteiger partial charge in [0.05, 0.1) is 24.0 Å². The second-order valence-corrected chi connectivity index (χ2v) is 4.25. The number of ketones is 5. The molecule has 0 bridgehead atoms. The van der Waals surface area contributed by atoms with E-state index < -0.39 is 17.3 Å². The first-order chi connectivity index (χ1) is 8.49. The largest absolute Gasteiger partial charge is 0.299 e. The molecule has 0 fully saturated rings. The summed E-state index contributed by atoms with van der Waals surface area (Å²) in [6.45, 7) is 0. The van der Waals surface area contributed by atoms with Gasteiger partial charge in [0.2, 0.25) is 0 Å². The minimum Gasteiger partial charge on any atom is -0.299 e. The molecular formula is C13H10O5. The lowest BCUT2D eigenvalue weighted by Gasteiger charge is -2.13. The van der Waals surface area contributed by atoms with Gasteiger partial charge in [-0.05, 0) is 0 Å². The molecule has 0 saturated heterocycles. The highest BCUT2D eigenvalue weighted by Gasteiger charge is 2.31. The van der Waals surface area contributed by atoms with Crippen molar-refractivity contribution in [2.45, 2.75) is 25.7 Å². The Kier molecular flexibility index (Phi) is 3.14. The number of hydrogen-bond acceptors (Lipinski definition) is 5. The Hall–Kier alpha value is -2.17. The van der Waals surface area contributed by atoms with E-state index in [-0.39, 0.29) is 48.4 Å². The van der Waals surface area contributed by atoms with Gasteiger partial charge in [0, 0.05) is 12.8 Å². The molecule has 0 atom stereocenters. The van der Waals surface area contributed by atoms with Crippen LogP contribution in [-0.4, -0.2) is 28.9 Å². The predicted octanol–water partition coefficient (Wildman–Crippen LogP) is 0.272. The molecule has 2 aliphatic rings. The monoisotopic (exact) mass is 246 g/mol. The van der Waals surface area contributed by atoms with Crippen molar-refractivity contribution in [1.29, 1.82) is 0 Å². The molecule has 0 N–H and O–H groups in total. The van der Waals surface area contributed by atoms with Crippen molar-refractivity contribution in [3.05, 3.63) is 23.3 Å². The van der Waals surface area contributed by atoms with Crippen LogP contribution in [0.2, 0.25) is 0 Å². The lowest BCUT2D eigenvalue weighted by molar-refractivity contribution is -0.126. The van der Waals surface area contributed by atoms with Crippen LogP contribution in [0.3, 0.4) is 0 Å². The zero-order chi connectivity index (χ0) is 13.3. The zero-order valence-electron chi connectivity index (χ0n) is 9.52. The Morgan fingerprint density at radius 3 is 1.50 bits per heavy atom. The predicted molar refractivity (Wildman–Crippen MR) is 59.7 cm³/mol. The van der Waals surface area contributed by atoms with Crippen molar-refractivity contribution in [3.8, 4) is 0 Å². The Labute approximate surface area is 103 Å². The van der Waals surface area contributed by atoms with Crippen molar-refractivity contribution in [2.75, 3.05) is 0 Å². The van der Waals surface area contributed by atoms with Gasteiger partial charge in [-0.3, -0.25) is 24.0 Å². The van der Waals surface area contributed by atoms with Gasteiger partial charge in [0.15, 0.2) is 17.3 Å². The number of allylic oxidation sites excluding steroid dienone is 4. The number of carbonyl (C=O) groups is 5. The lowest BCUT2D eigenvalue weighted by atomic mass is 9.86. The molecule has 5 nitrogen and oxygen atoms in total. The summed E-state index contributed by atoms with van der Waals surface area (Å²) in [5.74, 6) is -2.25. The first kappa shape index (κ1) is 12.3. The standard InChI is InChI=1S/C13H10O5/c14-7-1-3-9(11(16)5-7)13(18)10-4-2-8(15)6-12(10)17/h3-4H,1-2,5-6H2. The molecular weight excluding hydrogens is 236 g/mol. The van der Waals surface area contributed by atoms with Crippen molar-refractivity contribution in [3.63, 3.8) is 0 Å². The summed E-state index contributed by atoms with van der Waals surface area (Å²) in [6.07, 6.45) is 2.01. The highest BCUT2D eigenvalue weighted by Crippen LogP contribution is 2.20. The number of rotatable bonds is 2. The third-order valence-corrected chi connectivity index (χ3v) is 2.87. The maximum Gasteiger partial charge on any atom is 0.199 e. The van der Waals surface area contributed by atoms with Gasteiger partial charge in [0.1, 0.15) is 11.6 Å². The normalized spacial score (nSPS) is 20.7. The van der Waals surface area contributed by atoms with Gasteiger partial charge in [-0.25, -0.2) is 0 Å². The Morgan fingerprint density at radius 1 is 0.778 bits per heavy atom. The number of hydrogen-bond donors (Lipinski definition) is 0. The second kappa shape index (κ2) is 4.60. The van der Waals surface area contributed by atoms with Crippen LogP contribution in [0.4, 0.5) is 0 Å². The molecule has 0 aromatic heterocycles. The Balaban J connectivity index is 2.27. The molecule has 5 heteroatoms. The van der Waals surface area contributed by atoms with E-state index >= 15 is 0 Å². The third-order valence-electron chi connectivity index (χ3n) is 2.87. The molecule has 0 radical (unpaired) electrons. The fourth-order valence-electron chi connectivity index (χ4n) is 1.94. The summed E-state index contributed by atoms with van der Waals surface area (Å²) in [6, 6.07) is 0. The van der Waals surface area contributed by atoms with E-state index in [9.17, 15) is 24.0 Å². The maximum absolute atomic E-state index is 12.0. The molecule has 0 amide bonds. The van der Waals surface area contributed by atoms with Crippen LogP contribution in [0.25, 0.3) is 0 Å². The second-order valence-electron chi connectivity index (χ2n) is 4.25. The summed E-state index contributed by atoms with van der Waals surface area (Å²) >= 11 is 0. The number of Topliss-reactive ketones (excluding diaryl/α,β-unsaturated/α-hetero) is 5. The fraction of sp³-hybridized carbons (Fsp3) is 0.308. The minimum absolute atomic E-state index is 0.0349. The first-order valence-electron chi connectivity index (χ1n) is 5.54. The van der Waals surface area contributed by atoms with Crippen LogP contribution in [0.1, 0.15) is 25.7 Å². The molecule has 0 saturated carbocycles. The van der Waals surface area contributed by atoms with Crippen LogP contribution in [0.15, 0.2) is 23.3 Å². The van der Waals surface area contributed by atoms with E-state index in [0.717, 1.165) is 0 Å². The summed E-state index contributed by atoms with van der Waals surface area (Å²) in [4.78, 5) is 57.1. The van der Waals surface area contributed by atoms with E-state index in [4.69, 9.17) is 0 Å². The van der Waals surface area contributed by atoms with E-state index in [2.05, 4.69) is 0 Å². The van der Waals surface area contributed by atoms with Crippen LogP contribution in [-0.2, 0) is 24.0 Å². The van der Waals surface area contributed by atoms with Crippen molar-refractivity contribution >= 4 is 28.9 Å². The van der Waals surface area contributed by atoms with Crippen LogP contribution < -0.4 is 0 Å². The molecule has 92 valence electrons. The Morgan fingerprint density at radius 2 is 1.17 bits per heavy atom. The summed E-state index contributed by atoms with van der Waals surface area (Å²) < 4.78 is 0. The SMILES string of the molecule is O=C1CC=C(C(=O)C2=CCC(=O)CC2=O)C(=O)C1. The van der Waals surface area contributed by atoms with Gasteiger partial charge in [-0.15, -0.1) is 0 Å². The maximum atomic E-state index is 12.0. The topological polar surface area (TPSA) is 85.3 Å². The highest BCUT2D eigenvalue weighted by atomic mass is 16.2. The average Bonchev–Trinajstić information content (AvgIpc) is 2.28. The summed E-state index contributed by atoms with van der Waals surface area (Å²) in [7, 11) is 0. The van der Waals surface area contributed by atoms with Gasteiger partial charge >= 0.3 is 0 Å². The van der Waals surface area contributed by atoms with Crippen molar-refractivity contribution in [1.82, 2.24) is 0 Å². The number of carbonyl (C=O) groups excluding carboxylic acids is 5. The van der Waals surface area contributed by atoms with E-state index in [0.29, 0.717) is 0 Å². The zero-order valence-corrected chi connectivity index (χ0v) is 9.52. The van der Waals surface area contributed by atoms with Crippen LogP contribution >= 0.6 is 0 Å². The van der Waals surface area contributed by atoms with Crippen molar-refractivity contribution in [2.24, 2.45) is 0 Å². The molecule has 0 heterocycles. The minimum atomic E-state index is -0.662. The smallest absolute Gasteiger partial charge is 0.199 e.